The lowest BCUT2D eigenvalue weighted by Crippen LogP contribution is -2.51. The Balaban J connectivity index is 1.98. The molecule has 0 unspecified atom stereocenters. The quantitative estimate of drug-likeness (QED) is 0.639. The Morgan fingerprint density at radius 1 is 1.18 bits per heavy atom. The standard InChI is InChI=1S/C16H16O6/c17-9-7-11(18)21-14-8(9)3-4-10-12(14)13(19)15(20)16(22-10)5-1-2-6-16/h3-4,7,13,15,17,19-20H,1-2,5-6H2/t13-,15-/m1/s1. The second-order valence-electron chi connectivity index (χ2n) is 6.07. The van der Waals surface area contributed by atoms with Crippen LogP contribution in [0.4, 0.5) is 0 Å². The zero-order valence-corrected chi connectivity index (χ0v) is 11.8. The Hall–Kier alpha value is -2.05. The van der Waals surface area contributed by atoms with Crippen LogP contribution in [0.5, 0.6) is 11.5 Å². The number of rotatable bonds is 0. The number of ether oxygens (including phenoxy) is 1. The normalized spacial score (nSPS) is 26.1. The topological polar surface area (TPSA) is 100 Å². The van der Waals surface area contributed by atoms with E-state index in [1.54, 1.807) is 12.1 Å². The van der Waals surface area contributed by atoms with E-state index in [0.29, 0.717) is 24.0 Å². The van der Waals surface area contributed by atoms with Crippen LogP contribution < -0.4 is 10.4 Å². The van der Waals surface area contributed by atoms with Gasteiger partial charge in [-0.1, -0.05) is 0 Å². The number of aromatic hydroxyl groups is 1. The molecule has 116 valence electrons. The van der Waals surface area contributed by atoms with Gasteiger partial charge < -0.3 is 24.5 Å². The van der Waals surface area contributed by atoms with Gasteiger partial charge in [0.2, 0.25) is 0 Å². The summed E-state index contributed by atoms with van der Waals surface area (Å²) in [4.78, 5) is 11.5. The maximum atomic E-state index is 11.5. The minimum atomic E-state index is -1.23. The Morgan fingerprint density at radius 3 is 2.64 bits per heavy atom. The summed E-state index contributed by atoms with van der Waals surface area (Å²) in [5.41, 5.74) is -1.23. The summed E-state index contributed by atoms with van der Waals surface area (Å²) in [7, 11) is 0. The zero-order chi connectivity index (χ0) is 15.5. The number of aliphatic hydroxyl groups is 2. The Labute approximate surface area is 125 Å². The molecular weight excluding hydrogens is 288 g/mol. The molecule has 3 N–H and O–H groups in total. The van der Waals surface area contributed by atoms with Crippen LogP contribution >= 0.6 is 0 Å². The van der Waals surface area contributed by atoms with E-state index < -0.39 is 23.4 Å². The van der Waals surface area contributed by atoms with Crippen molar-refractivity contribution >= 4 is 11.0 Å². The van der Waals surface area contributed by atoms with E-state index in [-0.39, 0.29) is 16.9 Å². The Morgan fingerprint density at radius 2 is 1.91 bits per heavy atom. The third-order valence-corrected chi connectivity index (χ3v) is 4.79. The zero-order valence-electron chi connectivity index (χ0n) is 11.8. The highest BCUT2D eigenvalue weighted by Gasteiger charge is 2.51. The number of fused-ring (bicyclic) bond motifs is 3. The average molecular weight is 304 g/mol. The lowest BCUT2D eigenvalue weighted by molar-refractivity contribution is -0.125. The average Bonchev–Trinajstić information content (AvgIpc) is 2.93. The fourth-order valence-electron chi connectivity index (χ4n) is 3.68. The van der Waals surface area contributed by atoms with E-state index in [4.69, 9.17) is 9.15 Å². The molecule has 0 radical (unpaired) electrons. The van der Waals surface area contributed by atoms with Crippen LogP contribution in [-0.4, -0.2) is 27.0 Å². The molecule has 0 bridgehead atoms. The predicted octanol–water partition coefficient (Wildman–Crippen LogP) is 1.60. The Kier molecular flexibility index (Phi) is 2.76. The second kappa shape index (κ2) is 4.47. The van der Waals surface area contributed by atoms with Gasteiger partial charge in [0.05, 0.1) is 17.0 Å². The van der Waals surface area contributed by atoms with Crippen LogP contribution in [0.15, 0.2) is 27.4 Å². The van der Waals surface area contributed by atoms with Crippen molar-refractivity contribution < 1.29 is 24.5 Å². The first-order chi connectivity index (χ1) is 10.5. The largest absolute Gasteiger partial charge is 0.507 e. The minimum Gasteiger partial charge on any atom is -0.507 e. The summed E-state index contributed by atoms with van der Waals surface area (Å²) in [6.07, 6.45) is 0.890. The first-order valence-electron chi connectivity index (χ1n) is 7.37. The van der Waals surface area contributed by atoms with Gasteiger partial charge in [0, 0.05) is 0 Å². The first-order valence-corrected chi connectivity index (χ1v) is 7.37. The SMILES string of the molecule is O=c1cc(O)c2ccc3c(c2o1)[C@@H](O)[C@@H](O)C1(CCCC1)O3. The lowest BCUT2D eigenvalue weighted by Gasteiger charge is -2.42. The molecule has 1 aliphatic carbocycles. The van der Waals surface area contributed by atoms with Crippen LogP contribution in [0, 0.1) is 0 Å². The van der Waals surface area contributed by atoms with E-state index in [1.807, 2.05) is 0 Å². The van der Waals surface area contributed by atoms with Gasteiger partial charge in [-0.15, -0.1) is 0 Å². The Bertz CT molecular complexity index is 802. The van der Waals surface area contributed by atoms with Crippen LogP contribution in [0.1, 0.15) is 37.4 Å². The van der Waals surface area contributed by atoms with Gasteiger partial charge in [-0.05, 0) is 37.8 Å². The predicted molar refractivity (Wildman–Crippen MR) is 76.9 cm³/mol. The minimum absolute atomic E-state index is 0.0573. The van der Waals surface area contributed by atoms with E-state index in [0.717, 1.165) is 18.9 Å². The van der Waals surface area contributed by atoms with Gasteiger partial charge in [0.15, 0.2) is 5.58 Å². The molecule has 2 aliphatic rings. The fourth-order valence-corrected chi connectivity index (χ4v) is 3.68. The van der Waals surface area contributed by atoms with Crippen LogP contribution in [-0.2, 0) is 0 Å². The van der Waals surface area contributed by atoms with Crippen LogP contribution in [0.25, 0.3) is 11.0 Å². The highest BCUT2D eigenvalue weighted by molar-refractivity contribution is 5.87. The molecule has 1 fully saturated rings. The summed E-state index contributed by atoms with van der Waals surface area (Å²) in [5, 5.41) is 31.2. The molecule has 0 amide bonds. The molecule has 4 rings (SSSR count). The summed E-state index contributed by atoms with van der Waals surface area (Å²) in [5.74, 6) is 0.165. The molecule has 2 heterocycles. The third-order valence-electron chi connectivity index (χ3n) is 4.79. The molecule has 6 nitrogen and oxygen atoms in total. The van der Waals surface area contributed by atoms with Crippen molar-refractivity contribution in [1.82, 2.24) is 0 Å². The smallest absolute Gasteiger partial charge is 0.339 e. The maximum absolute atomic E-state index is 11.5. The molecule has 1 aromatic heterocycles. The lowest BCUT2D eigenvalue weighted by atomic mass is 9.84. The van der Waals surface area contributed by atoms with Crippen molar-refractivity contribution in [3.8, 4) is 11.5 Å². The van der Waals surface area contributed by atoms with Crippen LogP contribution in [0.3, 0.4) is 0 Å². The third kappa shape index (κ3) is 1.71. The van der Waals surface area contributed by atoms with Crippen LogP contribution in [0.2, 0.25) is 0 Å². The molecule has 1 saturated carbocycles. The number of benzene rings is 1. The molecule has 2 aromatic rings. The number of hydrogen-bond donors (Lipinski definition) is 3. The summed E-state index contributed by atoms with van der Waals surface area (Å²) >= 11 is 0. The molecule has 22 heavy (non-hydrogen) atoms. The highest BCUT2D eigenvalue weighted by Crippen LogP contribution is 2.49. The van der Waals surface area contributed by atoms with Crippen molar-refractivity contribution in [3.63, 3.8) is 0 Å². The number of aliphatic hydroxyl groups excluding tert-OH is 2. The van der Waals surface area contributed by atoms with Crippen molar-refractivity contribution in [1.29, 1.82) is 0 Å². The van der Waals surface area contributed by atoms with Gasteiger partial charge in [-0.25, -0.2) is 4.79 Å². The van der Waals surface area contributed by atoms with Crippen molar-refractivity contribution in [3.05, 3.63) is 34.2 Å². The highest BCUT2D eigenvalue weighted by atomic mass is 16.5. The summed E-state index contributed by atoms with van der Waals surface area (Å²) < 4.78 is 11.1. The van der Waals surface area contributed by atoms with Crippen molar-refractivity contribution in [2.75, 3.05) is 0 Å². The van der Waals surface area contributed by atoms with E-state index in [2.05, 4.69) is 0 Å². The summed E-state index contributed by atoms with van der Waals surface area (Å²) in [6, 6.07) is 4.19. The summed E-state index contributed by atoms with van der Waals surface area (Å²) in [6.45, 7) is 0. The maximum Gasteiger partial charge on any atom is 0.339 e. The molecule has 0 saturated heterocycles. The van der Waals surface area contributed by atoms with Gasteiger partial charge in [0.25, 0.3) is 0 Å². The van der Waals surface area contributed by atoms with E-state index >= 15 is 0 Å². The fraction of sp³-hybridized carbons (Fsp3) is 0.438. The molecule has 1 aliphatic heterocycles. The molecule has 1 spiro atoms. The first kappa shape index (κ1) is 13.6. The van der Waals surface area contributed by atoms with Gasteiger partial charge in [-0.2, -0.15) is 0 Å². The molecule has 6 heteroatoms. The van der Waals surface area contributed by atoms with Gasteiger partial charge in [0.1, 0.15) is 29.3 Å². The molecule has 1 aromatic carbocycles. The molecular formula is C16H16O6. The van der Waals surface area contributed by atoms with Gasteiger partial charge >= 0.3 is 5.63 Å². The van der Waals surface area contributed by atoms with E-state index in [1.165, 1.54) is 0 Å². The monoisotopic (exact) mass is 304 g/mol. The number of hydrogen-bond acceptors (Lipinski definition) is 6. The van der Waals surface area contributed by atoms with E-state index in [9.17, 15) is 20.1 Å². The van der Waals surface area contributed by atoms with Gasteiger partial charge in [-0.3, -0.25) is 0 Å². The second-order valence-corrected chi connectivity index (χ2v) is 6.07. The molecule has 2 atom stereocenters. The van der Waals surface area contributed by atoms with Crippen molar-refractivity contribution in [2.45, 2.75) is 43.5 Å². The van der Waals surface area contributed by atoms with Crippen molar-refractivity contribution in [2.24, 2.45) is 0 Å².